The fraction of sp³-hybridized carbons (Fsp3) is 0.478. The van der Waals surface area contributed by atoms with Crippen LogP contribution in [0.4, 0.5) is 40.3 Å². The summed E-state index contributed by atoms with van der Waals surface area (Å²) in [7, 11) is 4.96. The molecule has 0 saturated carbocycles. The van der Waals surface area contributed by atoms with Gasteiger partial charge in [-0.15, -0.1) is 0 Å². The largest absolute Gasteiger partial charge is 0.400 e. The summed E-state index contributed by atoms with van der Waals surface area (Å²) in [5, 5.41) is 17.5. The van der Waals surface area contributed by atoms with Gasteiger partial charge in [-0.3, -0.25) is 10.1 Å². The molecule has 2 aliphatic rings. The molecule has 4 rings (SSSR count). The maximum atomic E-state index is 13.7. The summed E-state index contributed by atoms with van der Waals surface area (Å²) >= 11 is 0. The SMILES string of the molecule is CN1CCN(c2cc(F)c(N)cc2F)CC1.CN1CCN(c2cc(F)c([N+](=O)[O-])cc2F)CC1.CO. The Morgan fingerprint density at radius 2 is 1.11 bits per heavy atom. The smallest absolute Gasteiger partial charge is 0.307 e. The van der Waals surface area contributed by atoms with E-state index in [1.54, 1.807) is 4.90 Å². The molecule has 0 atom stereocenters. The van der Waals surface area contributed by atoms with Crippen LogP contribution in [0.1, 0.15) is 0 Å². The summed E-state index contributed by atoms with van der Waals surface area (Å²) in [4.78, 5) is 17.3. The lowest BCUT2D eigenvalue weighted by Gasteiger charge is -2.34. The summed E-state index contributed by atoms with van der Waals surface area (Å²) in [6.07, 6.45) is 0. The number of rotatable bonds is 3. The molecule has 9 nitrogen and oxygen atoms in total. The molecule has 2 aromatic carbocycles. The maximum absolute atomic E-state index is 13.7. The van der Waals surface area contributed by atoms with Crippen LogP contribution < -0.4 is 15.5 Å². The molecule has 13 heteroatoms. The average molecular weight is 517 g/mol. The van der Waals surface area contributed by atoms with Gasteiger partial charge in [0.1, 0.15) is 11.6 Å². The molecule has 0 radical (unpaired) electrons. The molecular formula is C23H32F4N6O3. The van der Waals surface area contributed by atoms with Crippen LogP contribution in [-0.4, -0.2) is 93.4 Å². The van der Waals surface area contributed by atoms with Gasteiger partial charge in [0, 0.05) is 77.7 Å². The second-order valence-electron chi connectivity index (χ2n) is 8.42. The van der Waals surface area contributed by atoms with Crippen LogP contribution >= 0.6 is 0 Å². The number of aliphatic hydroxyl groups excluding tert-OH is 1. The Balaban J connectivity index is 0.000000239. The number of anilines is 3. The molecule has 0 aliphatic carbocycles. The van der Waals surface area contributed by atoms with Crippen molar-refractivity contribution in [3.8, 4) is 0 Å². The minimum absolute atomic E-state index is 0.0891. The number of nitro groups is 1. The van der Waals surface area contributed by atoms with E-state index >= 15 is 0 Å². The second kappa shape index (κ2) is 13.2. The Morgan fingerprint density at radius 1 is 0.722 bits per heavy atom. The van der Waals surface area contributed by atoms with Crippen LogP contribution in [0, 0.1) is 33.4 Å². The van der Waals surface area contributed by atoms with Gasteiger partial charge < -0.3 is 30.4 Å². The topological polar surface area (TPSA) is 102 Å². The predicted octanol–water partition coefficient (Wildman–Crippen LogP) is 2.53. The highest BCUT2D eigenvalue weighted by Gasteiger charge is 2.23. The monoisotopic (exact) mass is 516 g/mol. The number of nitro benzene ring substituents is 1. The minimum Gasteiger partial charge on any atom is -0.400 e. The average Bonchev–Trinajstić information content (AvgIpc) is 2.85. The standard InChI is InChI=1S/C11H13F2N3O2.C11H15F2N3.CH4O/c1-14-2-4-15(5-3-14)10-6-9(13)11(16(17)18)7-8(10)12;1-15-2-4-16(5-3-15)11-7-8(12)10(14)6-9(11)13;1-2/h6-7H,2-5H2,1H3;6-7H,2-5,14H2,1H3;2H,1H3. The van der Waals surface area contributed by atoms with Crippen LogP contribution in [0.15, 0.2) is 24.3 Å². The Bertz CT molecular complexity index is 1030. The molecule has 0 spiro atoms. The highest BCUT2D eigenvalue weighted by molar-refractivity contribution is 5.56. The summed E-state index contributed by atoms with van der Waals surface area (Å²) < 4.78 is 54.1. The van der Waals surface area contributed by atoms with Crippen molar-refractivity contribution >= 4 is 22.7 Å². The molecule has 200 valence electrons. The summed E-state index contributed by atoms with van der Waals surface area (Å²) in [5.74, 6) is -2.78. The normalized spacial score (nSPS) is 16.6. The number of likely N-dealkylation sites (N-methyl/N-ethyl adjacent to an activating group) is 2. The number of nitrogens with two attached hydrogens (primary N) is 1. The second-order valence-corrected chi connectivity index (χ2v) is 8.42. The van der Waals surface area contributed by atoms with Crippen molar-refractivity contribution in [2.45, 2.75) is 0 Å². The first kappa shape index (κ1) is 29.1. The number of hydrogen-bond acceptors (Lipinski definition) is 8. The van der Waals surface area contributed by atoms with E-state index in [1.807, 2.05) is 19.0 Å². The van der Waals surface area contributed by atoms with Gasteiger partial charge in [-0.1, -0.05) is 0 Å². The van der Waals surface area contributed by atoms with Crippen LogP contribution in [0.3, 0.4) is 0 Å². The van der Waals surface area contributed by atoms with Crippen molar-refractivity contribution in [3.05, 3.63) is 57.6 Å². The van der Waals surface area contributed by atoms with Gasteiger partial charge in [-0.05, 0) is 14.1 Å². The van der Waals surface area contributed by atoms with Crippen LogP contribution in [0.25, 0.3) is 0 Å². The van der Waals surface area contributed by atoms with E-state index in [2.05, 4.69) is 9.80 Å². The lowest BCUT2D eigenvalue weighted by molar-refractivity contribution is -0.387. The van der Waals surface area contributed by atoms with Crippen molar-refractivity contribution in [1.29, 1.82) is 0 Å². The molecule has 0 amide bonds. The van der Waals surface area contributed by atoms with E-state index in [0.717, 1.165) is 45.4 Å². The van der Waals surface area contributed by atoms with Crippen LogP contribution in [0.2, 0.25) is 0 Å². The van der Waals surface area contributed by atoms with Gasteiger partial charge in [0.2, 0.25) is 5.82 Å². The Hall–Kier alpha value is -3.16. The number of nitrogens with zero attached hydrogens (tertiary/aromatic N) is 5. The molecule has 2 saturated heterocycles. The third-order valence-corrected chi connectivity index (χ3v) is 5.97. The number of aliphatic hydroxyl groups is 1. The summed E-state index contributed by atoms with van der Waals surface area (Å²) in [6, 6.07) is 3.76. The first-order valence-electron chi connectivity index (χ1n) is 11.3. The summed E-state index contributed by atoms with van der Waals surface area (Å²) in [5.41, 5.74) is 4.72. The fourth-order valence-electron chi connectivity index (χ4n) is 3.80. The highest BCUT2D eigenvalue weighted by Crippen LogP contribution is 2.28. The lowest BCUT2D eigenvalue weighted by Crippen LogP contribution is -2.44. The maximum Gasteiger partial charge on any atom is 0.307 e. The Kier molecular flexibility index (Phi) is 10.7. The van der Waals surface area contributed by atoms with Gasteiger partial charge in [0.05, 0.1) is 28.1 Å². The highest BCUT2D eigenvalue weighted by atomic mass is 19.1. The first-order valence-corrected chi connectivity index (χ1v) is 11.3. The van der Waals surface area contributed by atoms with Crippen LogP contribution in [0.5, 0.6) is 0 Å². The molecule has 36 heavy (non-hydrogen) atoms. The van der Waals surface area contributed by atoms with E-state index in [4.69, 9.17) is 10.8 Å². The number of nitrogen functional groups attached to an aromatic ring is 1. The molecule has 3 N–H and O–H groups in total. The molecule has 2 aromatic rings. The van der Waals surface area contributed by atoms with Crippen molar-refractivity contribution in [2.75, 3.05) is 89.1 Å². The molecule has 2 aliphatic heterocycles. The molecule has 2 fully saturated rings. The lowest BCUT2D eigenvalue weighted by atomic mass is 10.2. The van der Waals surface area contributed by atoms with Gasteiger partial charge in [-0.2, -0.15) is 4.39 Å². The quantitative estimate of drug-likeness (QED) is 0.278. The number of benzene rings is 2. The number of piperazine rings is 2. The number of hydrogen-bond donors (Lipinski definition) is 2. The van der Waals surface area contributed by atoms with E-state index in [9.17, 15) is 27.7 Å². The van der Waals surface area contributed by atoms with E-state index in [1.165, 1.54) is 6.07 Å². The number of halogens is 4. The molecule has 0 aromatic heterocycles. The zero-order chi connectivity index (χ0) is 27.0. The third-order valence-electron chi connectivity index (χ3n) is 5.97. The van der Waals surface area contributed by atoms with Gasteiger partial charge in [-0.25, -0.2) is 13.2 Å². The van der Waals surface area contributed by atoms with Gasteiger partial charge >= 0.3 is 5.69 Å². The molecule has 0 unspecified atom stereocenters. The first-order chi connectivity index (χ1) is 17.1. The van der Waals surface area contributed by atoms with Crippen molar-refractivity contribution in [3.63, 3.8) is 0 Å². The van der Waals surface area contributed by atoms with Crippen molar-refractivity contribution in [2.24, 2.45) is 0 Å². The minimum atomic E-state index is -1.00. The Morgan fingerprint density at radius 3 is 1.53 bits per heavy atom. The third kappa shape index (κ3) is 7.42. The van der Waals surface area contributed by atoms with E-state index < -0.39 is 33.9 Å². The van der Waals surface area contributed by atoms with Gasteiger partial charge in [0.25, 0.3) is 0 Å². The zero-order valence-electron chi connectivity index (χ0n) is 20.6. The van der Waals surface area contributed by atoms with Crippen molar-refractivity contribution < 1.29 is 27.6 Å². The molecule has 0 bridgehead atoms. The van der Waals surface area contributed by atoms with Gasteiger partial charge in [0.15, 0.2) is 5.82 Å². The molecule has 2 heterocycles. The molecular weight excluding hydrogens is 484 g/mol. The van der Waals surface area contributed by atoms with Crippen LogP contribution in [-0.2, 0) is 0 Å². The predicted molar refractivity (Wildman–Crippen MR) is 131 cm³/mol. The zero-order valence-corrected chi connectivity index (χ0v) is 20.6. The van der Waals surface area contributed by atoms with E-state index in [0.29, 0.717) is 37.9 Å². The summed E-state index contributed by atoms with van der Waals surface area (Å²) in [6.45, 7) is 5.76. The fourth-order valence-corrected chi connectivity index (χ4v) is 3.80. The Labute approximate surface area is 207 Å². The van der Waals surface area contributed by atoms with E-state index in [-0.39, 0.29) is 11.4 Å². The van der Waals surface area contributed by atoms with Crippen molar-refractivity contribution in [1.82, 2.24) is 9.80 Å².